The number of nitrogens with zero attached hydrogens (tertiary/aromatic N) is 2. The lowest BCUT2D eigenvalue weighted by Gasteiger charge is -2.13. The molecule has 1 heterocycles. The van der Waals surface area contributed by atoms with Gasteiger partial charge in [0.25, 0.3) is 0 Å². The summed E-state index contributed by atoms with van der Waals surface area (Å²) in [5.74, 6) is 2.16. The minimum absolute atomic E-state index is 0.134. The predicted molar refractivity (Wildman–Crippen MR) is 68.2 cm³/mol. The van der Waals surface area contributed by atoms with Crippen molar-refractivity contribution in [2.75, 3.05) is 29.2 Å². The number of hydrogen-bond acceptors (Lipinski definition) is 5. The summed E-state index contributed by atoms with van der Waals surface area (Å²) in [5.41, 5.74) is 0. The van der Waals surface area contributed by atoms with E-state index < -0.39 is 10.8 Å². The smallest absolute Gasteiger partial charge is 0.131 e. The van der Waals surface area contributed by atoms with Gasteiger partial charge in [0.05, 0.1) is 0 Å². The SMILES string of the molecule is CCNc1cc(NC(C)CS(C)=O)ncn1. The molecule has 2 N–H and O–H groups in total. The van der Waals surface area contributed by atoms with Crippen LogP contribution in [0.3, 0.4) is 0 Å². The van der Waals surface area contributed by atoms with Crippen molar-refractivity contribution < 1.29 is 4.21 Å². The van der Waals surface area contributed by atoms with Crippen LogP contribution >= 0.6 is 0 Å². The third-order valence-electron chi connectivity index (χ3n) is 1.90. The van der Waals surface area contributed by atoms with Crippen LogP contribution in [0.1, 0.15) is 13.8 Å². The molecule has 0 amide bonds. The highest BCUT2D eigenvalue weighted by Crippen LogP contribution is 2.09. The molecule has 1 aromatic heterocycles. The Bertz CT molecular complexity index is 358. The third-order valence-corrected chi connectivity index (χ3v) is 2.87. The quantitative estimate of drug-likeness (QED) is 0.781. The topological polar surface area (TPSA) is 66.9 Å². The summed E-state index contributed by atoms with van der Waals surface area (Å²) in [5, 5.41) is 6.30. The Labute approximate surface area is 98.5 Å². The van der Waals surface area contributed by atoms with Crippen LogP contribution in [0.2, 0.25) is 0 Å². The zero-order valence-electron chi connectivity index (χ0n) is 9.86. The lowest BCUT2D eigenvalue weighted by Crippen LogP contribution is -2.22. The highest BCUT2D eigenvalue weighted by molar-refractivity contribution is 7.84. The normalized spacial score (nSPS) is 14.2. The van der Waals surface area contributed by atoms with E-state index >= 15 is 0 Å². The fraction of sp³-hybridized carbons (Fsp3) is 0.600. The first-order chi connectivity index (χ1) is 7.61. The van der Waals surface area contributed by atoms with Crippen molar-refractivity contribution in [3.05, 3.63) is 12.4 Å². The third kappa shape index (κ3) is 4.57. The van der Waals surface area contributed by atoms with Crippen LogP contribution in [-0.4, -0.2) is 38.8 Å². The summed E-state index contributed by atoms with van der Waals surface area (Å²) >= 11 is 0. The summed E-state index contributed by atoms with van der Waals surface area (Å²) < 4.78 is 11.0. The van der Waals surface area contributed by atoms with Gasteiger partial charge in [0.15, 0.2) is 0 Å². The Kier molecular flexibility index (Phi) is 5.18. The van der Waals surface area contributed by atoms with Crippen molar-refractivity contribution >= 4 is 22.4 Å². The molecule has 16 heavy (non-hydrogen) atoms. The molecule has 2 atom stereocenters. The lowest BCUT2D eigenvalue weighted by molar-refractivity contribution is 0.683. The zero-order valence-corrected chi connectivity index (χ0v) is 10.7. The molecule has 0 radical (unpaired) electrons. The summed E-state index contributed by atoms with van der Waals surface area (Å²) in [7, 11) is -0.800. The number of nitrogens with one attached hydrogen (secondary N) is 2. The van der Waals surface area contributed by atoms with E-state index in [1.165, 1.54) is 6.33 Å². The van der Waals surface area contributed by atoms with Gasteiger partial charge in [-0.05, 0) is 13.8 Å². The Morgan fingerprint density at radius 2 is 2.12 bits per heavy atom. The minimum atomic E-state index is -0.800. The lowest BCUT2D eigenvalue weighted by atomic mass is 10.4. The van der Waals surface area contributed by atoms with E-state index in [-0.39, 0.29) is 6.04 Å². The maximum absolute atomic E-state index is 11.0. The van der Waals surface area contributed by atoms with Crippen LogP contribution in [0.4, 0.5) is 11.6 Å². The van der Waals surface area contributed by atoms with Gasteiger partial charge in [-0.3, -0.25) is 4.21 Å². The van der Waals surface area contributed by atoms with Crippen molar-refractivity contribution in [2.45, 2.75) is 19.9 Å². The number of hydrogen-bond donors (Lipinski definition) is 2. The second-order valence-electron chi connectivity index (χ2n) is 3.60. The van der Waals surface area contributed by atoms with Gasteiger partial charge in [-0.25, -0.2) is 9.97 Å². The highest BCUT2D eigenvalue weighted by atomic mass is 32.2. The molecule has 0 spiro atoms. The molecule has 2 unspecified atom stereocenters. The Morgan fingerprint density at radius 3 is 2.75 bits per heavy atom. The van der Waals surface area contributed by atoms with Gasteiger partial charge >= 0.3 is 0 Å². The van der Waals surface area contributed by atoms with Gasteiger partial charge in [0, 0.05) is 41.5 Å². The summed E-state index contributed by atoms with van der Waals surface area (Å²) in [6.45, 7) is 4.82. The number of anilines is 2. The van der Waals surface area contributed by atoms with Crippen LogP contribution in [-0.2, 0) is 10.8 Å². The molecular formula is C10H18N4OS. The molecule has 0 bridgehead atoms. The van der Waals surface area contributed by atoms with Crippen molar-refractivity contribution in [3.63, 3.8) is 0 Å². The minimum Gasteiger partial charge on any atom is -0.370 e. The average Bonchev–Trinajstić information content (AvgIpc) is 2.17. The van der Waals surface area contributed by atoms with E-state index in [4.69, 9.17) is 0 Å². The van der Waals surface area contributed by atoms with Gasteiger partial charge in [-0.1, -0.05) is 0 Å². The molecule has 0 aliphatic carbocycles. The highest BCUT2D eigenvalue weighted by Gasteiger charge is 2.05. The molecule has 0 aliphatic rings. The maximum atomic E-state index is 11.0. The fourth-order valence-electron chi connectivity index (χ4n) is 1.36. The molecule has 6 heteroatoms. The molecule has 0 fully saturated rings. The van der Waals surface area contributed by atoms with Gasteiger partial charge in [-0.2, -0.15) is 0 Å². The first kappa shape index (κ1) is 12.9. The molecule has 0 saturated heterocycles. The Balaban J connectivity index is 2.59. The van der Waals surface area contributed by atoms with E-state index in [2.05, 4.69) is 20.6 Å². The van der Waals surface area contributed by atoms with Gasteiger partial charge in [0.1, 0.15) is 18.0 Å². The standard InChI is InChI=1S/C10H18N4OS/c1-4-11-9-5-10(13-7-12-9)14-8(2)6-16(3)15/h5,7-8H,4,6H2,1-3H3,(H2,11,12,13,14). The van der Waals surface area contributed by atoms with Crippen molar-refractivity contribution in [1.29, 1.82) is 0 Å². The molecule has 1 aromatic rings. The first-order valence-electron chi connectivity index (χ1n) is 5.24. The van der Waals surface area contributed by atoms with Crippen LogP contribution < -0.4 is 10.6 Å². The Morgan fingerprint density at radius 1 is 1.44 bits per heavy atom. The maximum Gasteiger partial charge on any atom is 0.131 e. The van der Waals surface area contributed by atoms with Gasteiger partial charge in [0.2, 0.25) is 0 Å². The predicted octanol–water partition coefficient (Wildman–Crippen LogP) is 1.09. The molecule has 0 aliphatic heterocycles. The van der Waals surface area contributed by atoms with Crippen molar-refractivity contribution in [3.8, 4) is 0 Å². The van der Waals surface area contributed by atoms with E-state index in [0.29, 0.717) is 5.75 Å². The summed E-state index contributed by atoms with van der Waals surface area (Å²) in [4.78, 5) is 8.18. The first-order valence-corrected chi connectivity index (χ1v) is 6.97. The van der Waals surface area contributed by atoms with E-state index in [0.717, 1.165) is 18.2 Å². The van der Waals surface area contributed by atoms with E-state index in [1.807, 2.05) is 19.9 Å². The van der Waals surface area contributed by atoms with Gasteiger partial charge < -0.3 is 10.6 Å². The van der Waals surface area contributed by atoms with Crippen LogP contribution in [0.25, 0.3) is 0 Å². The number of rotatable bonds is 6. The summed E-state index contributed by atoms with van der Waals surface area (Å²) in [6.07, 6.45) is 3.21. The van der Waals surface area contributed by atoms with Crippen molar-refractivity contribution in [2.24, 2.45) is 0 Å². The molecule has 1 rings (SSSR count). The van der Waals surface area contributed by atoms with Crippen LogP contribution in [0.5, 0.6) is 0 Å². The zero-order chi connectivity index (χ0) is 12.0. The molecule has 90 valence electrons. The van der Waals surface area contributed by atoms with E-state index in [9.17, 15) is 4.21 Å². The second kappa shape index (κ2) is 6.42. The second-order valence-corrected chi connectivity index (χ2v) is 5.08. The fourth-order valence-corrected chi connectivity index (χ4v) is 2.15. The molecule has 0 aromatic carbocycles. The van der Waals surface area contributed by atoms with Gasteiger partial charge in [-0.15, -0.1) is 0 Å². The average molecular weight is 242 g/mol. The van der Waals surface area contributed by atoms with Crippen molar-refractivity contribution in [1.82, 2.24) is 9.97 Å². The number of aromatic nitrogens is 2. The largest absolute Gasteiger partial charge is 0.370 e. The van der Waals surface area contributed by atoms with E-state index in [1.54, 1.807) is 6.26 Å². The molecular weight excluding hydrogens is 224 g/mol. The molecule has 0 saturated carbocycles. The monoisotopic (exact) mass is 242 g/mol. The van der Waals surface area contributed by atoms with Crippen LogP contribution in [0.15, 0.2) is 12.4 Å². The molecule has 5 nitrogen and oxygen atoms in total. The Hall–Kier alpha value is -1.17. The van der Waals surface area contributed by atoms with Crippen LogP contribution in [0, 0.1) is 0 Å². The summed E-state index contributed by atoms with van der Waals surface area (Å²) in [6, 6.07) is 1.98.